The van der Waals surface area contributed by atoms with Crippen LogP contribution in [0.2, 0.25) is 0 Å². The first-order valence-electron chi connectivity index (χ1n) is 18.3. The summed E-state index contributed by atoms with van der Waals surface area (Å²) in [6, 6.07) is 21.8. The van der Waals surface area contributed by atoms with Crippen molar-refractivity contribution in [3.63, 3.8) is 0 Å². The Morgan fingerprint density at radius 3 is 1.22 bits per heavy atom. The molecule has 6 rings (SSSR count). The van der Waals surface area contributed by atoms with E-state index >= 15 is 0 Å². The van der Waals surface area contributed by atoms with Crippen molar-refractivity contribution in [2.75, 3.05) is 39.3 Å². The number of piperidine rings is 2. The van der Waals surface area contributed by atoms with Crippen LogP contribution in [-0.4, -0.2) is 85.7 Å². The first kappa shape index (κ1) is 78.1. The van der Waals surface area contributed by atoms with Crippen molar-refractivity contribution in [3.8, 4) is 0 Å². The number of nitrogens with two attached hydrogens (primary N) is 3. The molecule has 3 atom stereocenters. The zero-order valence-corrected chi connectivity index (χ0v) is 56.8. The normalized spacial score (nSPS) is 17.0. The van der Waals surface area contributed by atoms with E-state index < -0.39 is 24.0 Å². The minimum atomic E-state index is -1.50. The molecule has 3 aliphatic rings. The molecule has 15 N–H and O–H groups in total. The second-order valence-corrected chi connectivity index (χ2v) is 13.2. The summed E-state index contributed by atoms with van der Waals surface area (Å²) in [4.78, 5) is 8.36. The molecular formula is C42H61Cd5N7O10-2. The largest absolute Gasteiger partial charge is 2.00 e. The van der Waals surface area contributed by atoms with E-state index in [0.717, 1.165) is 56.0 Å². The molecule has 0 amide bonds. The van der Waals surface area contributed by atoms with Gasteiger partial charge in [-0.2, -0.15) is 0 Å². The van der Waals surface area contributed by atoms with Gasteiger partial charge in [0.1, 0.15) is 0 Å². The number of rotatable bonds is 9. The predicted octanol–water partition coefficient (Wildman–Crippen LogP) is 8.14. The van der Waals surface area contributed by atoms with Gasteiger partial charge in [0.05, 0.1) is 0 Å². The molecule has 0 bridgehead atoms. The summed E-state index contributed by atoms with van der Waals surface area (Å²) in [6.45, 7) is 5.47. The zero-order chi connectivity index (χ0) is 39.8. The maximum Gasteiger partial charge on any atom is 2.00 e. The second-order valence-electron chi connectivity index (χ2n) is 13.2. The van der Waals surface area contributed by atoms with Gasteiger partial charge in [-0.25, -0.2) is 0 Å². The third-order valence-electron chi connectivity index (χ3n) is 8.75. The molecule has 3 aromatic rings. The quantitative estimate of drug-likeness (QED) is 0.0357. The fourth-order valence-corrected chi connectivity index (χ4v) is 5.86. The number of aliphatic hydroxyl groups excluding tert-OH is 3. The Morgan fingerprint density at radius 2 is 0.938 bits per heavy atom. The molecule has 3 aromatic carbocycles. The smallest absolute Gasteiger partial charge is 0.693 e. The molecule has 64 heavy (non-hydrogen) atoms. The minimum Gasteiger partial charge on any atom is -0.693 e. The molecule has 3 unspecified atom stereocenters. The number of benzene rings is 3. The van der Waals surface area contributed by atoms with E-state index in [1.807, 2.05) is 54.6 Å². The van der Waals surface area contributed by atoms with Crippen molar-refractivity contribution in [1.29, 1.82) is 0 Å². The van der Waals surface area contributed by atoms with Gasteiger partial charge in [-0.05, 0) is 52.6 Å². The third-order valence-corrected chi connectivity index (χ3v) is 8.75. The SMILES string of the molecule is O.O=[N+]([O-])O.OC(O)c1cccc(C=CC2C=CC[N-]C2)c1.OC(O)c1cccc(C=CC2CCC[N-]C2)c1.OC(O)c1cccc(C=CC2CCC[N-]C2)c1.[Cd+2].[Cd+2].[Cd].[Cd].[Cd].[NH2-].[NH2-].[NH2-]. The van der Waals surface area contributed by atoms with Gasteiger partial charge in [0.25, 0.3) is 5.09 Å². The van der Waals surface area contributed by atoms with Crippen LogP contribution >= 0.6 is 0 Å². The van der Waals surface area contributed by atoms with Crippen LogP contribution in [0.3, 0.4) is 0 Å². The van der Waals surface area contributed by atoms with Crippen LogP contribution < -0.4 is 0 Å². The maximum absolute atomic E-state index is 9.08. The van der Waals surface area contributed by atoms with Crippen molar-refractivity contribution < 1.29 is 183 Å². The monoisotopic (exact) mass is 1390 g/mol. The van der Waals surface area contributed by atoms with Crippen LogP contribution in [0.25, 0.3) is 52.6 Å². The zero-order valence-electron chi connectivity index (χ0n) is 36.6. The number of hydrogen-bond donors (Lipinski definition) is 7. The average molecular weight is 1390 g/mol. The molecule has 0 aromatic heterocycles. The van der Waals surface area contributed by atoms with Gasteiger partial charge in [-0.15, -0.1) is 55.5 Å². The first-order valence-corrected chi connectivity index (χ1v) is 18.3. The minimum absolute atomic E-state index is 0. The van der Waals surface area contributed by atoms with Crippen LogP contribution in [0, 0.1) is 27.9 Å². The summed E-state index contributed by atoms with van der Waals surface area (Å²) in [7, 11) is 0. The van der Waals surface area contributed by atoms with E-state index in [0.29, 0.717) is 34.4 Å². The van der Waals surface area contributed by atoms with Crippen LogP contribution in [0.1, 0.15) is 77.9 Å². The number of hydrogen-bond acceptors (Lipinski definition) is 8. The van der Waals surface area contributed by atoms with Crippen molar-refractivity contribution in [2.45, 2.75) is 44.6 Å². The summed E-state index contributed by atoms with van der Waals surface area (Å²) >= 11 is 0. The average Bonchev–Trinajstić information content (AvgIpc) is 3.20. The summed E-state index contributed by atoms with van der Waals surface area (Å²) in [6.07, 6.45) is 17.2. The van der Waals surface area contributed by atoms with Gasteiger partial charge in [-0.3, -0.25) is 0 Å². The van der Waals surface area contributed by atoms with Gasteiger partial charge in [0.15, 0.2) is 18.9 Å². The molecule has 3 aliphatic heterocycles. The fourth-order valence-electron chi connectivity index (χ4n) is 5.86. The van der Waals surface area contributed by atoms with Crippen molar-refractivity contribution in [3.05, 3.63) is 181 Å². The number of nitrogens with zero attached hydrogens (tertiary/aromatic N) is 4. The first-order chi connectivity index (χ1) is 26.5. The van der Waals surface area contributed by atoms with Crippen LogP contribution in [-0.2, 0) is 136 Å². The Labute approximate surface area is 478 Å². The second kappa shape index (κ2) is 46.6. The number of aliphatic hydroxyl groups is 6. The van der Waals surface area contributed by atoms with Crippen molar-refractivity contribution >= 4 is 18.2 Å². The standard InChI is InChI=1S/2C14H18NO2.C14H16NO2.5Cd.HNO3.3H2N.H2O/c3*16-14(17)13-5-1-3-11(9-13)6-7-12-4-2-8-15-10-12;;;;;;2-1(3)4;;;;/h2*1,3,5-7,9,12,14,16-17H,2,4,8,10H2;1-7,9,12,14,16-17H,8,10H2;;;;;;(H,2,3,4);4*1H2/q3*-1;;;;2*+2;;3*-1;. The van der Waals surface area contributed by atoms with Gasteiger partial charge >= 0.3 is 54.6 Å². The van der Waals surface area contributed by atoms with Crippen molar-refractivity contribution in [1.82, 2.24) is 0 Å². The molecule has 0 saturated carbocycles. The van der Waals surface area contributed by atoms with Gasteiger partial charge in [-0.1, -0.05) is 123 Å². The molecule has 2 fully saturated rings. The molecule has 336 valence electrons. The van der Waals surface area contributed by atoms with E-state index in [4.69, 9.17) is 46.0 Å². The molecule has 0 radical (unpaired) electrons. The molecule has 2 saturated heterocycles. The van der Waals surface area contributed by atoms with Crippen LogP contribution in [0.4, 0.5) is 0 Å². The molecule has 22 heteroatoms. The summed E-state index contributed by atoms with van der Waals surface area (Å²) in [5, 5.41) is 81.2. The molecule has 3 heterocycles. The fraction of sp³-hybridized carbons (Fsp3) is 0.381. The predicted molar refractivity (Wildman–Crippen MR) is 234 cm³/mol. The van der Waals surface area contributed by atoms with Gasteiger partial charge in [0, 0.05) is 98.6 Å². The van der Waals surface area contributed by atoms with E-state index in [-0.39, 0.29) is 160 Å². The molecular weight excluding hydrogens is 1320 g/mol. The van der Waals surface area contributed by atoms with Gasteiger partial charge < -0.3 is 75.7 Å². The molecule has 17 nitrogen and oxygen atoms in total. The third kappa shape index (κ3) is 35.1. The Bertz CT molecular complexity index is 1620. The van der Waals surface area contributed by atoms with E-state index in [9.17, 15) is 0 Å². The maximum atomic E-state index is 9.08. The van der Waals surface area contributed by atoms with Crippen LogP contribution in [0.5, 0.6) is 0 Å². The molecule has 0 spiro atoms. The van der Waals surface area contributed by atoms with E-state index in [1.165, 1.54) is 25.7 Å². The van der Waals surface area contributed by atoms with Crippen LogP contribution in [0.15, 0.2) is 103 Å². The topological polar surface area (TPSA) is 359 Å². The Morgan fingerprint density at radius 1 is 0.594 bits per heavy atom. The van der Waals surface area contributed by atoms with Gasteiger partial charge in [0.2, 0.25) is 0 Å². The Balaban J connectivity index is -0.000000137. The Hall–Kier alpha value is -0.0896. The summed E-state index contributed by atoms with van der Waals surface area (Å²) in [5.41, 5.74) is 4.54. The Kier molecular flexibility index (Phi) is 56.9. The molecule has 0 aliphatic carbocycles. The summed E-state index contributed by atoms with van der Waals surface area (Å²) in [5.74, 6) is 1.42. The van der Waals surface area contributed by atoms with E-state index in [2.05, 4.69) is 46.3 Å². The van der Waals surface area contributed by atoms with E-state index in [1.54, 1.807) is 36.4 Å². The summed E-state index contributed by atoms with van der Waals surface area (Å²) < 4.78 is 0. The van der Waals surface area contributed by atoms with Crippen molar-refractivity contribution in [2.24, 2.45) is 17.8 Å².